The van der Waals surface area contributed by atoms with E-state index in [0.717, 1.165) is 5.56 Å². The van der Waals surface area contributed by atoms with E-state index in [9.17, 15) is 4.79 Å². The minimum Gasteiger partial charge on any atom is -0.447 e. The lowest BCUT2D eigenvalue weighted by Crippen LogP contribution is -2.15. The van der Waals surface area contributed by atoms with Crippen LogP contribution < -0.4 is 5.32 Å². The van der Waals surface area contributed by atoms with Crippen molar-refractivity contribution >= 4 is 11.8 Å². The van der Waals surface area contributed by atoms with Crippen LogP contribution in [-0.4, -0.2) is 34.2 Å². The fraction of sp³-hybridized carbons (Fsp3) is 0.231. The van der Waals surface area contributed by atoms with Gasteiger partial charge in [-0.3, -0.25) is 10.00 Å². The summed E-state index contributed by atoms with van der Waals surface area (Å²) in [6, 6.07) is 9.27. The molecule has 1 heterocycles. The van der Waals surface area contributed by atoms with Gasteiger partial charge in [-0.2, -0.15) is 5.10 Å². The molecular weight excluding hydrogens is 246 g/mol. The molecule has 1 aromatic carbocycles. The number of nitrogens with one attached hydrogen (secondary N) is 1. The van der Waals surface area contributed by atoms with Crippen molar-refractivity contribution in [3.05, 3.63) is 48.3 Å². The normalized spacial score (nSPS) is 10.2. The standard InChI is InChI=1S/C13H15N3O3/c17-7-8-19-13(18)15-12-4-1-3-11(9-12)10-16-6-2-5-14-16/h1-6,9,17H,7-8,10H2,(H,15,18). The van der Waals surface area contributed by atoms with E-state index >= 15 is 0 Å². The first-order chi connectivity index (χ1) is 9.28. The molecule has 100 valence electrons. The lowest BCUT2D eigenvalue weighted by Gasteiger charge is -2.08. The van der Waals surface area contributed by atoms with Gasteiger partial charge in [-0.25, -0.2) is 4.79 Å². The summed E-state index contributed by atoms with van der Waals surface area (Å²) in [6.45, 7) is 0.430. The Morgan fingerprint density at radius 2 is 2.32 bits per heavy atom. The number of aliphatic hydroxyl groups is 1. The monoisotopic (exact) mass is 261 g/mol. The van der Waals surface area contributed by atoms with E-state index in [0.29, 0.717) is 12.2 Å². The molecule has 19 heavy (non-hydrogen) atoms. The number of amides is 1. The van der Waals surface area contributed by atoms with Crippen LogP contribution in [0.5, 0.6) is 0 Å². The SMILES string of the molecule is O=C(Nc1cccc(Cn2cccn2)c1)OCCO. The van der Waals surface area contributed by atoms with Crippen LogP contribution in [0.3, 0.4) is 0 Å². The Labute approximate surface area is 110 Å². The molecule has 0 unspecified atom stereocenters. The molecule has 0 saturated carbocycles. The molecule has 0 bridgehead atoms. The maximum atomic E-state index is 11.3. The maximum absolute atomic E-state index is 11.3. The number of anilines is 1. The highest BCUT2D eigenvalue weighted by Gasteiger charge is 2.03. The number of hydrogen-bond acceptors (Lipinski definition) is 4. The van der Waals surface area contributed by atoms with Crippen molar-refractivity contribution in [3.63, 3.8) is 0 Å². The van der Waals surface area contributed by atoms with Gasteiger partial charge in [0.2, 0.25) is 0 Å². The number of aliphatic hydroxyl groups excluding tert-OH is 1. The number of hydrogen-bond donors (Lipinski definition) is 2. The van der Waals surface area contributed by atoms with Crippen molar-refractivity contribution in [2.24, 2.45) is 0 Å². The largest absolute Gasteiger partial charge is 0.447 e. The summed E-state index contributed by atoms with van der Waals surface area (Å²) in [7, 11) is 0. The van der Waals surface area contributed by atoms with E-state index in [1.807, 2.05) is 30.5 Å². The van der Waals surface area contributed by atoms with Crippen LogP contribution in [0.4, 0.5) is 10.5 Å². The van der Waals surface area contributed by atoms with Crippen molar-refractivity contribution < 1.29 is 14.6 Å². The Balaban J connectivity index is 1.97. The smallest absolute Gasteiger partial charge is 0.411 e. The summed E-state index contributed by atoms with van der Waals surface area (Å²) in [5.74, 6) is 0. The van der Waals surface area contributed by atoms with Gasteiger partial charge < -0.3 is 9.84 Å². The summed E-state index contributed by atoms with van der Waals surface area (Å²) in [6.07, 6.45) is 3.01. The molecule has 0 saturated heterocycles. The number of benzene rings is 1. The minimum atomic E-state index is -0.578. The highest BCUT2D eigenvalue weighted by Crippen LogP contribution is 2.12. The number of aromatic nitrogens is 2. The van der Waals surface area contributed by atoms with Crippen molar-refractivity contribution in [1.29, 1.82) is 0 Å². The molecule has 0 aliphatic carbocycles. The molecule has 6 nitrogen and oxygen atoms in total. The first-order valence-electron chi connectivity index (χ1n) is 5.89. The van der Waals surface area contributed by atoms with Gasteiger partial charge in [0, 0.05) is 18.1 Å². The molecule has 0 atom stereocenters. The molecule has 0 aliphatic rings. The molecule has 1 aromatic heterocycles. The summed E-state index contributed by atoms with van der Waals surface area (Å²) < 4.78 is 6.52. The number of nitrogens with zero attached hydrogens (tertiary/aromatic N) is 2. The first kappa shape index (κ1) is 13.1. The van der Waals surface area contributed by atoms with Crippen LogP contribution in [0, 0.1) is 0 Å². The number of carbonyl (C=O) groups excluding carboxylic acids is 1. The minimum absolute atomic E-state index is 0.0151. The second-order valence-electron chi connectivity index (χ2n) is 3.89. The Kier molecular flexibility index (Phi) is 4.52. The van der Waals surface area contributed by atoms with Crippen LogP contribution in [0.15, 0.2) is 42.7 Å². The second kappa shape index (κ2) is 6.55. The van der Waals surface area contributed by atoms with Gasteiger partial charge in [0.1, 0.15) is 6.61 Å². The van der Waals surface area contributed by atoms with Crippen molar-refractivity contribution in [1.82, 2.24) is 9.78 Å². The van der Waals surface area contributed by atoms with Crippen LogP contribution in [0.2, 0.25) is 0 Å². The molecule has 0 fully saturated rings. The lowest BCUT2D eigenvalue weighted by atomic mass is 10.2. The summed E-state index contributed by atoms with van der Waals surface area (Å²) in [5.41, 5.74) is 1.66. The van der Waals surface area contributed by atoms with Crippen molar-refractivity contribution in [2.45, 2.75) is 6.54 Å². The van der Waals surface area contributed by atoms with Crippen LogP contribution in [-0.2, 0) is 11.3 Å². The predicted molar refractivity (Wildman–Crippen MR) is 69.8 cm³/mol. The van der Waals surface area contributed by atoms with E-state index in [1.54, 1.807) is 16.9 Å². The topological polar surface area (TPSA) is 76.4 Å². The van der Waals surface area contributed by atoms with Crippen molar-refractivity contribution in [3.8, 4) is 0 Å². The van der Waals surface area contributed by atoms with Gasteiger partial charge in [0.25, 0.3) is 0 Å². The van der Waals surface area contributed by atoms with E-state index in [2.05, 4.69) is 10.4 Å². The Morgan fingerprint density at radius 1 is 1.42 bits per heavy atom. The van der Waals surface area contributed by atoms with Gasteiger partial charge in [-0.05, 0) is 23.8 Å². The number of carbonyl (C=O) groups is 1. The van der Waals surface area contributed by atoms with Crippen LogP contribution in [0.1, 0.15) is 5.56 Å². The molecule has 0 spiro atoms. The second-order valence-corrected chi connectivity index (χ2v) is 3.89. The van der Waals surface area contributed by atoms with Gasteiger partial charge >= 0.3 is 6.09 Å². The van der Waals surface area contributed by atoms with E-state index in [-0.39, 0.29) is 13.2 Å². The summed E-state index contributed by atoms with van der Waals surface area (Å²) in [5, 5.41) is 15.3. The fourth-order valence-electron chi connectivity index (χ4n) is 1.62. The van der Waals surface area contributed by atoms with Gasteiger partial charge in [0.15, 0.2) is 0 Å². The highest BCUT2D eigenvalue weighted by atomic mass is 16.6. The van der Waals surface area contributed by atoms with Crippen molar-refractivity contribution in [2.75, 3.05) is 18.5 Å². The van der Waals surface area contributed by atoms with E-state index < -0.39 is 6.09 Å². The lowest BCUT2D eigenvalue weighted by molar-refractivity contribution is 0.131. The average molecular weight is 261 g/mol. The molecule has 0 aliphatic heterocycles. The molecule has 1 amide bonds. The van der Waals surface area contributed by atoms with E-state index in [4.69, 9.17) is 9.84 Å². The average Bonchev–Trinajstić information content (AvgIpc) is 2.89. The van der Waals surface area contributed by atoms with Crippen LogP contribution >= 0.6 is 0 Å². The van der Waals surface area contributed by atoms with Gasteiger partial charge in [-0.15, -0.1) is 0 Å². The fourth-order valence-corrected chi connectivity index (χ4v) is 1.62. The molecule has 6 heteroatoms. The Bertz CT molecular complexity index is 526. The number of ether oxygens (including phenoxy) is 1. The molecule has 2 aromatic rings. The van der Waals surface area contributed by atoms with E-state index in [1.165, 1.54) is 0 Å². The Morgan fingerprint density at radius 3 is 3.05 bits per heavy atom. The Hall–Kier alpha value is -2.34. The number of rotatable bonds is 5. The van der Waals surface area contributed by atoms with Gasteiger partial charge in [0.05, 0.1) is 13.2 Å². The van der Waals surface area contributed by atoms with Crippen LogP contribution in [0.25, 0.3) is 0 Å². The summed E-state index contributed by atoms with van der Waals surface area (Å²) >= 11 is 0. The molecule has 0 radical (unpaired) electrons. The quantitative estimate of drug-likeness (QED) is 0.854. The first-order valence-corrected chi connectivity index (χ1v) is 5.89. The molecular formula is C13H15N3O3. The third kappa shape index (κ3) is 4.11. The highest BCUT2D eigenvalue weighted by molar-refractivity contribution is 5.84. The maximum Gasteiger partial charge on any atom is 0.411 e. The molecule has 2 rings (SSSR count). The third-order valence-corrected chi connectivity index (χ3v) is 2.40. The zero-order valence-corrected chi connectivity index (χ0v) is 10.3. The molecule has 2 N–H and O–H groups in total. The van der Waals surface area contributed by atoms with Gasteiger partial charge in [-0.1, -0.05) is 12.1 Å². The third-order valence-electron chi connectivity index (χ3n) is 2.40. The predicted octanol–water partition coefficient (Wildman–Crippen LogP) is 1.47. The summed E-state index contributed by atoms with van der Waals surface area (Å²) in [4.78, 5) is 11.3. The zero-order chi connectivity index (χ0) is 13.5. The zero-order valence-electron chi connectivity index (χ0n) is 10.3.